The predicted molar refractivity (Wildman–Crippen MR) is 96.7 cm³/mol. The van der Waals surface area contributed by atoms with Crippen LogP contribution in [0, 0.1) is 13.8 Å². The summed E-state index contributed by atoms with van der Waals surface area (Å²) in [5, 5.41) is 2.89. The number of aryl methyl sites for hydroxylation is 2. The number of hydrogen-bond acceptors (Lipinski definition) is 5. The van der Waals surface area contributed by atoms with Crippen LogP contribution in [0.25, 0.3) is 9.88 Å². The Morgan fingerprint density at radius 1 is 1.22 bits per heavy atom. The third kappa shape index (κ3) is 3.38. The van der Waals surface area contributed by atoms with Gasteiger partial charge in [0.15, 0.2) is 0 Å². The molecule has 126 valence electrons. The van der Waals surface area contributed by atoms with Crippen LogP contribution in [-0.2, 0) is 10.0 Å². The number of sulfonamides is 1. The van der Waals surface area contributed by atoms with Gasteiger partial charge in [-0.1, -0.05) is 19.3 Å². The molecule has 0 amide bonds. The van der Waals surface area contributed by atoms with Crippen LogP contribution in [-0.4, -0.2) is 30.8 Å². The highest BCUT2D eigenvalue weighted by molar-refractivity contribution is 7.89. The van der Waals surface area contributed by atoms with E-state index >= 15 is 0 Å². The van der Waals surface area contributed by atoms with Crippen LogP contribution in [0.15, 0.2) is 16.3 Å². The summed E-state index contributed by atoms with van der Waals surface area (Å²) in [5.41, 5.74) is 0.972. The van der Waals surface area contributed by atoms with Crippen molar-refractivity contribution in [2.45, 2.75) is 56.9 Å². The third-order valence-electron chi connectivity index (χ3n) is 4.45. The summed E-state index contributed by atoms with van der Waals surface area (Å²) in [7, 11) is -1.70. The van der Waals surface area contributed by atoms with E-state index in [9.17, 15) is 8.42 Å². The molecule has 0 atom stereocenters. The maximum absolute atomic E-state index is 13.0. The van der Waals surface area contributed by atoms with Crippen LogP contribution in [0.2, 0.25) is 0 Å². The van der Waals surface area contributed by atoms with Gasteiger partial charge in [0.05, 0.1) is 9.77 Å². The zero-order chi connectivity index (χ0) is 16.6. The Bertz CT molecular complexity index is 786. The van der Waals surface area contributed by atoms with Crippen molar-refractivity contribution in [3.05, 3.63) is 22.0 Å². The van der Waals surface area contributed by atoms with Crippen LogP contribution < -0.4 is 0 Å². The Labute approximate surface area is 146 Å². The van der Waals surface area contributed by atoms with Crippen molar-refractivity contribution >= 4 is 32.7 Å². The monoisotopic (exact) mass is 370 g/mol. The van der Waals surface area contributed by atoms with E-state index in [0.717, 1.165) is 46.1 Å². The molecule has 23 heavy (non-hydrogen) atoms. The van der Waals surface area contributed by atoms with Crippen LogP contribution in [0.1, 0.15) is 42.7 Å². The van der Waals surface area contributed by atoms with E-state index in [-0.39, 0.29) is 6.04 Å². The average Bonchev–Trinajstić information content (AvgIpc) is 3.13. The van der Waals surface area contributed by atoms with E-state index in [4.69, 9.17) is 0 Å². The SMILES string of the molecule is Cc1csc(-c2cc(S(=O)(=O)N(C)C3CCCCC3)c(C)s2)n1. The van der Waals surface area contributed by atoms with Gasteiger partial charge in [-0.2, -0.15) is 4.31 Å². The highest BCUT2D eigenvalue weighted by Gasteiger charge is 2.31. The number of rotatable bonds is 4. The van der Waals surface area contributed by atoms with Crippen LogP contribution in [0.3, 0.4) is 0 Å². The second-order valence-corrected chi connectivity index (χ2v) is 10.2. The summed E-state index contributed by atoms with van der Waals surface area (Å²) in [5.74, 6) is 0. The molecule has 1 aliphatic carbocycles. The van der Waals surface area contributed by atoms with Crippen LogP contribution in [0.5, 0.6) is 0 Å². The Morgan fingerprint density at radius 3 is 2.52 bits per heavy atom. The Kier molecular flexibility index (Phi) is 4.92. The molecule has 7 heteroatoms. The molecule has 1 aliphatic rings. The lowest BCUT2D eigenvalue weighted by molar-refractivity contribution is 0.286. The quantitative estimate of drug-likeness (QED) is 0.799. The fourth-order valence-electron chi connectivity index (χ4n) is 3.09. The zero-order valence-corrected chi connectivity index (χ0v) is 16.2. The molecule has 4 nitrogen and oxygen atoms in total. The van der Waals surface area contributed by atoms with Gasteiger partial charge in [0.2, 0.25) is 10.0 Å². The van der Waals surface area contributed by atoms with Gasteiger partial charge in [-0.15, -0.1) is 22.7 Å². The van der Waals surface area contributed by atoms with E-state index in [0.29, 0.717) is 4.90 Å². The van der Waals surface area contributed by atoms with Gasteiger partial charge in [0, 0.05) is 29.0 Å². The van der Waals surface area contributed by atoms with Gasteiger partial charge >= 0.3 is 0 Å². The molecule has 0 unspecified atom stereocenters. The first-order chi connectivity index (χ1) is 10.9. The molecule has 2 heterocycles. The lowest BCUT2D eigenvalue weighted by Gasteiger charge is -2.30. The summed E-state index contributed by atoms with van der Waals surface area (Å²) >= 11 is 3.08. The summed E-state index contributed by atoms with van der Waals surface area (Å²) in [6.45, 7) is 3.84. The van der Waals surface area contributed by atoms with Gasteiger partial charge in [-0.25, -0.2) is 13.4 Å². The van der Waals surface area contributed by atoms with Crippen molar-refractivity contribution in [1.82, 2.24) is 9.29 Å². The fraction of sp³-hybridized carbons (Fsp3) is 0.562. The van der Waals surface area contributed by atoms with Gasteiger partial charge in [-0.3, -0.25) is 0 Å². The minimum atomic E-state index is -3.43. The van der Waals surface area contributed by atoms with E-state index in [1.165, 1.54) is 17.8 Å². The third-order valence-corrected chi connectivity index (χ3v) is 8.79. The van der Waals surface area contributed by atoms with E-state index in [1.807, 2.05) is 19.2 Å². The molecule has 0 bridgehead atoms. The highest BCUT2D eigenvalue weighted by Crippen LogP contribution is 2.37. The summed E-state index contributed by atoms with van der Waals surface area (Å²) < 4.78 is 27.6. The van der Waals surface area contributed by atoms with Crippen molar-refractivity contribution < 1.29 is 8.42 Å². The Hall–Kier alpha value is -0.760. The molecule has 0 saturated heterocycles. The second kappa shape index (κ2) is 6.63. The largest absolute Gasteiger partial charge is 0.244 e. The lowest BCUT2D eigenvalue weighted by atomic mass is 9.96. The van der Waals surface area contributed by atoms with Crippen molar-refractivity contribution in [3.8, 4) is 9.88 Å². The summed E-state index contributed by atoms with van der Waals surface area (Å²) in [4.78, 5) is 6.70. The van der Waals surface area contributed by atoms with Gasteiger partial charge in [-0.05, 0) is 32.8 Å². The van der Waals surface area contributed by atoms with Crippen molar-refractivity contribution in [3.63, 3.8) is 0 Å². The molecular weight excluding hydrogens is 348 g/mol. The second-order valence-electron chi connectivity index (χ2n) is 6.14. The van der Waals surface area contributed by atoms with E-state index < -0.39 is 10.0 Å². The van der Waals surface area contributed by atoms with Gasteiger partial charge in [0.1, 0.15) is 5.01 Å². The summed E-state index contributed by atoms with van der Waals surface area (Å²) in [6.07, 6.45) is 5.40. The molecule has 0 aliphatic heterocycles. The number of thiophene rings is 1. The minimum Gasteiger partial charge on any atom is -0.241 e. The average molecular weight is 371 g/mol. The number of nitrogens with zero attached hydrogens (tertiary/aromatic N) is 2. The maximum atomic E-state index is 13.0. The predicted octanol–water partition coefficient (Wildman–Crippen LogP) is 4.44. The Balaban J connectivity index is 1.92. The molecule has 2 aromatic heterocycles. The number of aromatic nitrogens is 1. The molecule has 0 aromatic carbocycles. The van der Waals surface area contributed by atoms with E-state index in [1.54, 1.807) is 28.8 Å². The fourth-order valence-corrected chi connectivity index (χ4v) is 6.92. The van der Waals surface area contributed by atoms with E-state index in [2.05, 4.69) is 4.98 Å². The Morgan fingerprint density at radius 2 is 1.91 bits per heavy atom. The first-order valence-electron chi connectivity index (χ1n) is 7.90. The van der Waals surface area contributed by atoms with Crippen LogP contribution in [0.4, 0.5) is 0 Å². The zero-order valence-electron chi connectivity index (χ0n) is 13.7. The molecule has 2 aromatic rings. The molecule has 0 spiro atoms. The first-order valence-corrected chi connectivity index (χ1v) is 11.0. The molecule has 0 N–H and O–H groups in total. The lowest BCUT2D eigenvalue weighted by Crippen LogP contribution is -2.38. The van der Waals surface area contributed by atoms with Gasteiger partial charge in [0.25, 0.3) is 0 Å². The molecule has 1 fully saturated rings. The van der Waals surface area contributed by atoms with Crippen molar-refractivity contribution in [2.75, 3.05) is 7.05 Å². The maximum Gasteiger partial charge on any atom is 0.244 e. The topological polar surface area (TPSA) is 50.3 Å². The van der Waals surface area contributed by atoms with Crippen molar-refractivity contribution in [1.29, 1.82) is 0 Å². The molecular formula is C16H22N2O2S3. The number of hydrogen-bond donors (Lipinski definition) is 0. The smallest absolute Gasteiger partial charge is 0.241 e. The van der Waals surface area contributed by atoms with Crippen molar-refractivity contribution in [2.24, 2.45) is 0 Å². The number of thiazole rings is 1. The highest BCUT2D eigenvalue weighted by atomic mass is 32.2. The van der Waals surface area contributed by atoms with Gasteiger partial charge < -0.3 is 0 Å². The normalized spacial score (nSPS) is 17.0. The summed E-state index contributed by atoms with van der Waals surface area (Å²) in [6, 6.07) is 1.94. The molecule has 0 radical (unpaired) electrons. The first kappa shape index (κ1) is 17.1. The van der Waals surface area contributed by atoms with Crippen LogP contribution >= 0.6 is 22.7 Å². The standard InChI is InChI=1S/C16H22N2O2S3/c1-11-10-21-16(17-11)14-9-15(12(2)22-14)23(19,20)18(3)13-7-5-4-6-8-13/h9-10,13H,4-8H2,1-3H3. The molecule has 3 rings (SSSR count). The molecule has 1 saturated carbocycles. The minimum absolute atomic E-state index is 0.138.